The summed E-state index contributed by atoms with van der Waals surface area (Å²) in [5.74, 6) is 1.94. The lowest BCUT2D eigenvalue weighted by Crippen LogP contribution is -2.22. The van der Waals surface area contributed by atoms with Gasteiger partial charge in [0.25, 0.3) is 0 Å². The molecule has 0 bridgehead atoms. The van der Waals surface area contributed by atoms with Gasteiger partial charge in [0.05, 0.1) is 7.11 Å². The highest BCUT2D eigenvalue weighted by atomic mass is 16.5. The molecule has 0 fully saturated rings. The number of ether oxygens (including phenoxy) is 1. The van der Waals surface area contributed by atoms with Crippen molar-refractivity contribution in [3.8, 4) is 0 Å². The Hall–Kier alpha value is -2.01. The summed E-state index contributed by atoms with van der Waals surface area (Å²) >= 11 is 0. The van der Waals surface area contributed by atoms with E-state index in [9.17, 15) is 4.79 Å². The standard InChI is InChI=1S/C15H19NO4/c1-4-9-16-14(11-6-5-10(2)19-11)12-7-8-13(20-12)15(17)18-3/h5-8,14,16H,4,9H2,1-3H3. The Balaban J connectivity index is 2.26. The van der Waals surface area contributed by atoms with Crippen LogP contribution in [-0.4, -0.2) is 19.6 Å². The second-order valence-electron chi connectivity index (χ2n) is 4.53. The second-order valence-corrected chi connectivity index (χ2v) is 4.53. The van der Waals surface area contributed by atoms with Crippen LogP contribution in [0.25, 0.3) is 0 Å². The molecular formula is C15H19NO4. The van der Waals surface area contributed by atoms with Gasteiger partial charge in [-0.3, -0.25) is 0 Å². The first-order valence-corrected chi connectivity index (χ1v) is 6.63. The molecule has 0 amide bonds. The first kappa shape index (κ1) is 14.4. The number of hydrogen-bond donors (Lipinski definition) is 1. The van der Waals surface area contributed by atoms with Crippen molar-refractivity contribution in [1.82, 2.24) is 5.32 Å². The van der Waals surface area contributed by atoms with Crippen molar-refractivity contribution in [2.45, 2.75) is 26.3 Å². The van der Waals surface area contributed by atoms with Gasteiger partial charge < -0.3 is 18.9 Å². The van der Waals surface area contributed by atoms with Crippen LogP contribution in [0.4, 0.5) is 0 Å². The summed E-state index contributed by atoms with van der Waals surface area (Å²) in [6.45, 7) is 4.79. The molecule has 108 valence electrons. The molecule has 2 rings (SSSR count). The van der Waals surface area contributed by atoms with Crippen LogP contribution in [0.1, 0.15) is 47.2 Å². The van der Waals surface area contributed by atoms with Crippen LogP contribution in [0.3, 0.4) is 0 Å². The van der Waals surface area contributed by atoms with Crippen molar-refractivity contribution in [3.63, 3.8) is 0 Å². The molecule has 2 aromatic heterocycles. The van der Waals surface area contributed by atoms with Crippen LogP contribution in [0, 0.1) is 6.92 Å². The summed E-state index contributed by atoms with van der Waals surface area (Å²) in [7, 11) is 1.33. The van der Waals surface area contributed by atoms with E-state index in [1.807, 2.05) is 19.1 Å². The molecule has 0 radical (unpaired) electrons. The van der Waals surface area contributed by atoms with Gasteiger partial charge in [-0.2, -0.15) is 0 Å². The number of methoxy groups -OCH3 is 1. The first-order chi connectivity index (χ1) is 9.65. The third-order valence-corrected chi connectivity index (χ3v) is 2.94. The maximum absolute atomic E-state index is 11.4. The van der Waals surface area contributed by atoms with Crippen LogP contribution in [-0.2, 0) is 4.74 Å². The van der Waals surface area contributed by atoms with E-state index < -0.39 is 5.97 Å². The molecule has 0 aromatic carbocycles. The summed E-state index contributed by atoms with van der Waals surface area (Å²) in [4.78, 5) is 11.4. The number of hydrogen-bond acceptors (Lipinski definition) is 5. The van der Waals surface area contributed by atoms with Crippen LogP contribution >= 0.6 is 0 Å². The Bertz CT molecular complexity index is 570. The Kier molecular flexibility index (Phi) is 4.63. The van der Waals surface area contributed by atoms with Crippen LogP contribution in [0.5, 0.6) is 0 Å². The predicted molar refractivity (Wildman–Crippen MR) is 73.6 cm³/mol. The molecule has 0 aliphatic carbocycles. The Morgan fingerprint density at radius 1 is 1.25 bits per heavy atom. The minimum absolute atomic E-state index is 0.189. The third-order valence-electron chi connectivity index (χ3n) is 2.94. The summed E-state index contributed by atoms with van der Waals surface area (Å²) in [6, 6.07) is 6.97. The number of carbonyl (C=O) groups excluding carboxylic acids is 1. The smallest absolute Gasteiger partial charge is 0.373 e. The van der Waals surface area contributed by atoms with Gasteiger partial charge >= 0.3 is 5.97 Å². The van der Waals surface area contributed by atoms with Crippen molar-refractivity contribution >= 4 is 5.97 Å². The minimum atomic E-state index is -0.485. The van der Waals surface area contributed by atoms with Gasteiger partial charge in [0, 0.05) is 0 Å². The fourth-order valence-electron chi connectivity index (χ4n) is 1.96. The lowest BCUT2D eigenvalue weighted by atomic mass is 10.1. The van der Waals surface area contributed by atoms with E-state index in [1.54, 1.807) is 12.1 Å². The highest BCUT2D eigenvalue weighted by Crippen LogP contribution is 2.26. The molecule has 2 heterocycles. The van der Waals surface area contributed by atoms with Crippen molar-refractivity contribution in [1.29, 1.82) is 0 Å². The molecule has 20 heavy (non-hydrogen) atoms. The van der Waals surface area contributed by atoms with E-state index in [1.165, 1.54) is 7.11 Å². The van der Waals surface area contributed by atoms with Gasteiger partial charge in [0.1, 0.15) is 23.3 Å². The Morgan fingerprint density at radius 3 is 2.55 bits per heavy atom. The average molecular weight is 277 g/mol. The maximum atomic E-state index is 11.4. The van der Waals surface area contributed by atoms with Crippen molar-refractivity contribution in [2.24, 2.45) is 0 Å². The van der Waals surface area contributed by atoms with E-state index in [0.29, 0.717) is 5.76 Å². The van der Waals surface area contributed by atoms with Gasteiger partial charge in [-0.15, -0.1) is 0 Å². The van der Waals surface area contributed by atoms with Gasteiger partial charge in [-0.05, 0) is 44.2 Å². The maximum Gasteiger partial charge on any atom is 0.373 e. The molecule has 5 nitrogen and oxygen atoms in total. The summed E-state index contributed by atoms with van der Waals surface area (Å²) in [6.07, 6.45) is 0.987. The van der Waals surface area contributed by atoms with Gasteiger partial charge in [0.2, 0.25) is 5.76 Å². The first-order valence-electron chi connectivity index (χ1n) is 6.63. The molecule has 1 unspecified atom stereocenters. The van der Waals surface area contributed by atoms with E-state index >= 15 is 0 Å². The quantitative estimate of drug-likeness (QED) is 0.822. The Morgan fingerprint density at radius 2 is 1.95 bits per heavy atom. The van der Waals surface area contributed by atoms with Gasteiger partial charge in [0.15, 0.2) is 0 Å². The number of nitrogens with one attached hydrogen (secondary N) is 1. The highest BCUT2D eigenvalue weighted by Gasteiger charge is 2.22. The molecule has 2 aromatic rings. The molecule has 0 saturated heterocycles. The van der Waals surface area contributed by atoms with Crippen LogP contribution in [0.2, 0.25) is 0 Å². The van der Waals surface area contributed by atoms with Crippen molar-refractivity contribution < 1.29 is 18.4 Å². The minimum Gasteiger partial charge on any atom is -0.464 e. The normalized spacial score (nSPS) is 12.3. The van der Waals surface area contributed by atoms with E-state index in [0.717, 1.165) is 24.5 Å². The van der Waals surface area contributed by atoms with E-state index in [2.05, 4.69) is 17.0 Å². The van der Waals surface area contributed by atoms with Crippen LogP contribution in [0.15, 0.2) is 33.1 Å². The fourth-order valence-corrected chi connectivity index (χ4v) is 1.96. The second kappa shape index (κ2) is 6.43. The molecule has 5 heteroatoms. The largest absolute Gasteiger partial charge is 0.464 e. The zero-order chi connectivity index (χ0) is 14.5. The lowest BCUT2D eigenvalue weighted by molar-refractivity contribution is 0.0562. The molecule has 0 spiro atoms. The average Bonchev–Trinajstić information content (AvgIpc) is 3.08. The number of carbonyl (C=O) groups is 1. The molecule has 0 saturated carbocycles. The molecule has 0 aliphatic heterocycles. The predicted octanol–water partition coefficient (Wildman–Crippen LogP) is 3.06. The van der Waals surface area contributed by atoms with E-state index in [-0.39, 0.29) is 11.8 Å². The van der Waals surface area contributed by atoms with E-state index in [4.69, 9.17) is 8.83 Å². The van der Waals surface area contributed by atoms with Crippen molar-refractivity contribution in [3.05, 3.63) is 47.3 Å². The topological polar surface area (TPSA) is 64.6 Å². The molecule has 0 aliphatic rings. The number of aryl methyl sites for hydroxylation is 1. The number of furan rings is 2. The lowest BCUT2D eigenvalue weighted by Gasteiger charge is -2.13. The SMILES string of the molecule is CCCNC(c1ccc(C)o1)c1ccc(C(=O)OC)o1. The molecule has 1 N–H and O–H groups in total. The van der Waals surface area contributed by atoms with Gasteiger partial charge in [-0.1, -0.05) is 6.92 Å². The summed E-state index contributed by atoms with van der Waals surface area (Å²) in [5, 5.41) is 3.35. The third kappa shape index (κ3) is 3.11. The van der Waals surface area contributed by atoms with Crippen molar-refractivity contribution in [2.75, 3.05) is 13.7 Å². The number of esters is 1. The summed E-state index contributed by atoms with van der Waals surface area (Å²) in [5.41, 5.74) is 0. The monoisotopic (exact) mass is 277 g/mol. The van der Waals surface area contributed by atoms with Gasteiger partial charge in [-0.25, -0.2) is 4.79 Å². The highest BCUT2D eigenvalue weighted by molar-refractivity contribution is 5.86. The fraction of sp³-hybridized carbons (Fsp3) is 0.400. The zero-order valence-corrected chi connectivity index (χ0v) is 11.9. The number of rotatable bonds is 6. The van der Waals surface area contributed by atoms with Crippen LogP contribution < -0.4 is 5.32 Å². The Labute approximate surface area is 117 Å². The molecule has 1 atom stereocenters. The zero-order valence-electron chi connectivity index (χ0n) is 11.9. The summed E-state index contributed by atoms with van der Waals surface area (Å²) < 4.78 is 15.9. The molecular weight excluding hydrogens is 258 g/mol.